The number of hydrogen-bond acceptors (Lipinski definition) is 5. The van der Waals surface area contributed by atoms with Crippen LogP contribution in [0.2, 0.25) is 5.15 Å². The highest BCUT2D eigenvalue weighted by Crippen LogP contribution is 2.26. The summed E-state index contributed by atoms with van der Waals surface area (Å²) >= 11 is 7.10. The third-order valence-electron chi connectivity index (χ3n) is 2.80. The Kier molecular flexibility index (Phi) is 5.14. The van der Waals surface area contributed by atoms with E-state index >= 15 is 0 Å². The second-order valence-electron chi connectivity index (χ2n) is 4.34. The van der Waals surface area contributed by atoms with Crippen LogP contribution in [-0.2, 0) is 12.2 Å². The first-order chi connectivity index (χ1) is 10.0. The van der Waals surface area contributed by atoms with Crippen molar-refractivity contribution in [1.29, 1.82) is 0 Å². The Labute approximate surface area is 131 Å². The third kappa shape index (κ3) is 3.92. The van der Waals surface area contributed by atoms with E-state index in [0.29, 0.717) is 33.9 Å². The van der Waals surface area contributed by atoms with Gasteiger partial charge in [-0.1, -0.05) is 24.6 Å². The molecule has 2 heterocycles. The summed E-state index contributed by atoms with van der Waals surface area (Å²) in [5.74, 6) is 0.213. The van der Waals surface area contributed by atoms with Gasteiger partial charge in [-0.3, -0.25) is 0 Å². The molecule has 0 aliphatic heterocycles. The van der Waals surface area contributed by atoms with Crippen LogP contribution >= 0.6 is 23.4 Å². The topological polar surface area (TPSA) is 76.0 Å². The Morgan fingerprint density at radius 1 is 1.38 bits per heavy atom. The van der Waals surface area contributed by atoms with Crippen LogP contribution in [0.1, 0.15) is 34.4 Å². The molecule has 0 unspecified atom stereocenters. The minimum atomic E-state index is -1.01. The largest absolute Gasteiger partial charge is 0.478 e. The fourth-order valence-electron chi connectivity index (χ4n) is 1.75. The second-order valence-corrected chi connectivity index (χ2v) is 5.69. The van der Waals surface area contributed by atoms with E-state index < -0.39 is 5.97 Å². The van der Waals surface area contributed by atoms with E-state index in [0.717, 1.165) is 5.56 Å². The van der Waals surface area contributed by atoms with Gasteiger partial charge in [0.1, 0.15) is 21.6 Å². The maximum absolute atomic E-state index is 11.4. The molecule has 0 bridgehead atoms. The summed E-state index contributed by atoms with van der Waals surface area (Å²) in [5, 5.41) is 10.2. The van der Waals surface area contributed by atoms with Crippen molar-refractivity contribution < 1.29 is 9.90 Å². The van der Waals surface area contributed by atoms with Crippen molar-refractivity contribution in [2.75, 3.05) is 0 Å². The summed E-state index contributed by atoms with van der Waals surface area (Å²) in [7, 11) is 0. The molecular weight excluding hydrogens is 310 g/mol. The van der Waals surface area contributed by atoms with Gasteiger partial charge in [0.25, 0.3) is 0 Å². The molecule has 0 aromatic carbocycles. The Morgan fingerprint density at radius 3 is 2.71 bits per heavy atom. The smallest absolute Gasteiger partial charge is 0.340 e. The molecule has 0 amide bonds. The minimum Gasteiger partial charge on any atom is -0.478 e. The molecule has 110 valence electrons. The zero-order chi connectivity index (χ0) is 15.4. The summed E-state index contributed by atoms with van der Waals surface area (Å²) in [5.41, 5.74) is 1.61. The van der Waals surface area contributed by atoms with Crippen molar-refractivity contribution in [1.82, 2.24) is 15.0 Å². The number of pyridine rings is 1. The summed E-state index contributed by atoms with van der Waals surface area (Å²) in [6.45, 7) is 3.63. The molecule has 0 saturated heterocycles. The lowest BCUT2D eigenvalue weighted by atomic mass is 10.2. The van der Waals surface area contributed by atoms with Crippen LogP contribution in [0, 0.1) is 6.92 Å². The van der Waals surface area contributed by atoms with Crippen LogP contribution in [0.25, 0.3) is 0 Å². The molecule has 0 aliphatic carbocycles. The molecule has 0 fully saturated rings. The summed E-state index contributed by atoms with van der Waals surface area (Å²) < 4.78 is 0. The first kappa shape index (κ1) is 15.7. The molecule has 0 atom stereocenters. The molecule has 0 spiro atoms. The number of rotatable bonds is 5. The summed E-state index contributed by atoms with van der Waals surface area (Å²) in [6, 6.07) is 3.57. The van der Waals surface area contributed by atoms with Crippen LogP contribution < -0.4 is 0 Å². The van der Waals surface area contributed by atoms with Crippen molar-refractivity contribution in [3.05, 3.63) is 46.1 Å². The number of carboxylic acid groups (broad SMARTS) is 1. The molecule has 1 N–H and O–H groups in total. The average molecular weight is 324 g/mol. The SMILES string of the molecule is CCc1nc(C)c(C(=O)O)c(SCc2ccc(Cl)nc2)n1. The lowest BCUT2D eigenvalue weighted by molar-refractivity contribution is 0.0690. The van der Waals surface area contributed by atoms with Gasteiger partial charge in [0.2, 0.25) is 0 Å². The van der Waals surface area contributed by atoms with Gasteiger partial charge in [-0.25, -0.2) is 19.7 Å². The van der Waals surface area contributed by atoms with E-state index in [1.165, 1.54) is 11.8 Å². The lowest BCUT2D eigenvalue weighted by Gasteiger charge is -2.09. The highest BCUT2D eigenvalue weighted by Gasteiger charge is 2.18. The van der Waals surface area contributed by atoms with Crippen molar-refractivity contribution in [3.63, 3.8) is 0 Å². The van der Waals surface area contributed by atoms with Crippen molar-refractivity contribution >= 4 is 29.3 Å². The fourth-order valence-corrected chi connectivity index (χ4v) is 2.89. The number of halogens is 1. The van der Waals surface area contributed by atoms with Gasteiger partial charge in [0.05, 0.1) is 5.69 Å². The van der Waals surface area contributed by atoms with Crippen molar-refractivity contribution in [2.45, 2.75) is 31.0 Å². The predicted octanol–water partition coefficient (Wildman–Crippen LogP) is 3.39. The Bertz CT molecular complexity index is 662. The van der Waals surface area contributed by atoms with Crippen LogP contribution in [0.4, 0.5) is 0 Å². The van der Waals surface area contributed by atoms with Gasteiger partial charge in [0.15, 0.2) is 0 Å². The molecule has 0 saturated carbocycles. The van der Waals surface area contributed by atoms with E-state index in [4.69, 9.17) is 11.6 Å². The van der Waals surface area contributed by atoms with Crippen molar-refractivity contribution in [2.24, 2.45) is 0 Å². The monoisotopic (exact) mass is 323 g/mol. The van der Waals surface area contributed by atoms with Gasteiger partial charge in [-0.05, 0) is 18.6 Å². The zero-order valence-corrected chi connectivity index (χ0v) is 13.2. The number of aromatic nitrogens is 3. The fraction of sp³-hybridized carbons (Fsp3) is 0.286. The molecule has 0 aliphatic rings. The minimum absolute atomic E-state index is 0.166. The van der Waals surface area contributed by atoms with E-state index in [1.807, 2.05) is 13.0 Å². The molecule has 7 heteroatoms. The molecule has 0 radical (unpaired) electrons. The van der Waals surface area contributed by atoms with Crippen LogP contribution in [0.5, 0.6) is 0 Å². The Balaban J connectivity index is 2.27. The molecule has 2 aromatic rings. The highest BCUT2D eigenvalue weighted by atomic mass is 35.5. The number of carbonyl (C=O) groups is 1. The second kappa shape index (κ2) is 6.87. The van der Waals surface area contributed by atoms with E-state index in [9.17, 15) is 9.90 Å². The summed E-state index contributed by atoms with van der Waals surface area (Å²) in [6.07, 6.45) is 2.33. The Morgan fingerprint density at radius 2 is 2.14 bits per heavy atom. The number of aryl methyl sites for hydroxylation is 2. The zero-order valence-electron chi connectivity index (χ0n) is 11.6. The highest BCUT2D eigenvalue weighted by molar-refractivity contribution is 7.98. The standard InChI is InChI=1S/C14H14ClN3O2S/c1-3-11-17-8(2)12(14(19)20)13(18-11)21-7-9-4-5-10(15)16-6-9/h4-6H,3,7H2,1-2H3,(H,19,20). The van der Waals surface area contributed by atoms with E-state index in [2.05, 4.69) is 15.0 Å². The van der Waals surface area contributed by atoms with Crippen LogP contribution in [0.15, 0.2) is 23.4 Å². The molecule has 2 aromatic heterocycles. The van der Waals surface area contributed by atoms with E-state index in [1.54, 1.807) is 19.2 Å². The van der Waals surface area contributed by atoms with E-state index in [-0.39, 0.29) is 5.56 Å². The van der Waals surface area contributed by atoms with Crippen molar-refractivity contribution in [3.8, 4) is 0 Å². The number of thioether (sulfide) groups is 1. The van der Waals surface area contributed by atoms with Gasteiger partial charge in [-0.2, -0.15) is 0 Å². The number of carboxylic acids is 1. The Hall–Kier alpha value is -1.66. The first-order valence-corrected chi connectivity index (χ1v) is 7.71. The van der Waals surface area contributed by atoms with Gasteiger partial charge < -0.3 is 5.11 Å². The first-order valence-electron chi connectivity index (χ1n) is 6.35. The predicted molar refractivity (Wildman–Crippen MR) is 81.9 cm³/mol. The van der Waals surface area contributed by atoms with Crippen LogP contribution in [0.3, 0.4) is 0 Å². The molecule has 21 heavy (non-hydrogen) atoms. The normalized spacial score (nSPS) is 10.6. The summed E-state index contributed by atoms with van der Waals surface area (Å²) in [4.78, 5) is 23.9. The maximum atomic E-state index is 11.4. The quantitative estimate of drug-likeness (QED) is 0.516. The maximum Gasteiger partial charge on any atom is 0.340 e. The number of aromatic carboxylic acids is 1. The molecule has 5 nitrogen and oxygen atoms in total. The molecular formula is C14H14ClN3O2S. The molecule has 2 rings (SSSR count). The van der Waals surface area contributed by atoms with Gasteiger partial charge >= 0.3 is 5.97 Å². The lowest BCUT2D eigenvalue weighted by Crippen LogP contribution is -2.09. The number of hydrogen-bond donors (Lipinski definition) is 1. The van der Waals surface area contributed by atoms with Gasteiger partial charge in [0, 0.05) is 18.4 Å². The number of nitrogens with zero attached hydrogens (tertiary/aromatic N) is 3. The average Bonchev–Trinajstić information content (AvgIpc) is 2.45. The van der Waals surface area contributed by atoms with Gasteiger partial charge in [-0.15, -0.1) is 11.8 Å². The third-order valence-corrected chi connectivity index (χ3v) is 4.07. The van der Waals surface area contributed by atoms with Crippen LogP contribution in [-0.4, -0.2) is 26.0 Å².